The predicted molar refractivity (Wildman–Crippen MR) is 167 cm³/mol. The van der Waals surface area contributed by atoms with Crippen LogP contribution in [-0.4, -0.2) is 39.3 Å². The molecule has 0 saturated carbocycles. The fraction of sp³-hybridized carbons (Fsp3) is 0.118. The van der Waals surface area contributed by atoms with Crippen molar-refractivity contribution >= 4 is 62.0 Å². The highest BCUT2D eigenvalue weighted by atomic mass is 16.4. The third-order valence-corrected chi connectivity index (χ3v) is 7.00. The first-order valence-corrected chi connectivity index (χ1v) is 12.9. The molecule has 0 aliphatic carbocycles. The van der Waals surface area contributed by atoms with Gasteiger partial charge in [0.25, 0.3) is 5.70 Å². The number of anilines is 5. The Bertz CT molecular complexity index is 1710. The van der Waals surface area contributed by atoms with Gasteiger partial charge in [0, 0.05) is 66.8 Å². The summed E-state index contributed by atoms with van der Waals surface area (Å²) in [5.74, 6) is -1.24. The first-order chi connectivity index (χ1) is 19.3. The molecule has 0 radical (unpaired) electrons. The summed E-state index contributed by atoms with van der Waals surface area (Å²) in [7, 11) is 8.20. The number of carboxylic acid groups (broad SMARTS) is 1. The second kappa shape index (κ2) is 10.8. The van der Waals surface area contributed by atoms with Crippen LogP contribution in [0.25, 0.3) is 32.5 Å². The summed E-state index contributed by atoms with van der Waals surface area (Å²) in [5, 5.41) is 13.8. The number of hydrogen-bond acceptors (Lipinski definition) is 4. The maximum absolute atomic E-state index is 11.4. The second-order valence-electron chi connectivity index (χ2n) is 9.96. The van der Waals surface area contributed by atoms with Crippen molar-refractivity contribution < 1.29 is 9.90 Å². The third kappa shape index (κ3) is 4.81. The van der Waals surface area contributed by atoms with Gasteiger partial charge in [-0.15, -0.1) is 0 Å². The van der Waals surface area contributed by atoms with Crippen molar-refractivity contribution in [3.63, 3.8) is 0 Å². The predicted octanol–water partition coefficient (Wildman–Crippen LogP) is 7.94. The molecule has 0 amide bonds. The Morgan fingerprint density at radius 2 is 1.05 bits per heavy atom. The van der Waals surface area contributed by atoms with Crippen LogP contribution in [-0.2, 0) is 4.79 Å². The largest absolute Gasteiger partial charge is 0.486 e. The van der Waals surface area contributed by atoms with Gasteiger partial charge in [-0.1, -0.05) is 60.7 Å². The number of nitrogens with zero attached hydrogens (tertiary/aromatic N) is 4. The second-order valence-corrected chi connectivity index (χ2v) is 9.96. The molecule has 0 saturated heterocycles. The van der Waals surface area contributed by atoms with E-state index in [1.165, 1.54) is 6.08 Å². The Kier molecular flexibility index (Phi) is 7.13. The summed E-state index contributed by atoms with van der Waals surface area (Å²) in [6.45, 7) is 7.18. The Morgan fingerprint density at radius 1 is 0.650 bits per heavy atom. The fourth-order valence-corrected chi connectivity index (χ4v) is 5.13. The summed E-state index contributed by atoms with van der Waals surface area (Å²) >= 11 is 0. The molecule has 0 aromatic heterocycles. The van der Waals surface area contributed by atoms with Gasteiger partial charge in [-0.05, 0) is 48.0 Å². The van der Waals surface area contributed by atoms with Crippen LogP contribution >= 0.6 is 0 Å². The molecule has 0 fully saturated rings. The average Bonchev–Trinajstić information content (AvgIpc) is 2.96. The lowest BCUT2D eigenvalue weighted by Crippen LogP contribution is -2.14. The van der Waals surface area contributed by atoms with Crippen LogP contribution in [0.4, 0.5) is 28.4 Å². The van der Waals surface area contributed by atoms with Crippen LogP contribution < -0.4 is 14.7 Å². The highest BCUT2D eigenvalue weighted by molar-refractivity contribution is 6.10. The minimum Gasteiger partial charge on any atom is -0.486 e. The van der Waals surface area contributed by atoms with Gasteiger partial charge >= 0.3 is 5.97 Å². The van der Waals surface area contributed by atoms with E-state index in [1.807, 2.05) is 52.5 Å². The van der Waals surface area contributed by atoms with Gasteiger partial charge in [0.2, 0.25) is 0 Å². The van der Waals surface area contributed by atoms with Gasteiger partial charge in [0.15, 0.2) is 0 Å². The van der Waals surface area contributed by atoms with Gasteiger partial charge in [-0.2, -0.15) is 0 Å². The minimum atomic E-state index is -1.24. The number of carbonyl (C=O) groups is 1. The van der Waals surface area contributed by atoms with Gasteiger partial charge in [-0.25, -0.2) is 4.85 Å². The van der Waals surface area contributed by atoms with Crippen LogP contribution in [0.2, 0.25) is 0 Å². The molecular formula is C34H30N4O2. The zero-order chi connectivity index (χ0) is 28.4. The number of carboxylic acids is 1. The SMILES string of the molecule is [C-]#[N+]/C(=C\c1ccc(N(c2ccc(N(C)C)c3ccccc23)c2ccc(N(C)C)c3ccccc23)cc1)C(=O)O. The van der Waals surface area contributed by atoms with Crippen LogP contribution in [0, 0.1) is 6.57 Å². The van der Waals surface area contributed by atoms with Crippen molar-refractivity contribution in [2.24, 2.45) is 0 Å². The van der Waals surface area contributed by atoms with Gasteiger partial charge < -0.3 is 19.8 Å². The van der Waals surface area contributed by atoms with Crippen LogP contribution in [0.15, 0.2) is 103 Å². The third-order valence-electron chi connectivity index (χ3n) is 7.00. The lowest BCUT2D eigenvalue weighted by molar-refractivity contribution is -0.132. The summed E-state index contributed by atoms with van der Waals surface area (Å²) in [4.78, 5) is 21.0. The van der Waals surface area contributed by atoms with Crippen molar-refractivity contribution in [3.05, 3.63) is 120 Å². The molecule has 1 N–H and O–H groups in total. The molecular weight excluding hydrogens is 496 g/mol. The average molecular weight is 527 g/mol. The monoisotopic (exact) mass is 526 g/mol. The molecule has 0 atom stereocenters. The lowest BCUT2D eigenvalue weighted by Gasteiger charge is -2.30. The van der Waals surface area contributed by atoms with Crippen LogP contribution in [0.5, 0.6) is 0 Å². The Hall–Kier alpha value is -5.28. The van der Waals surface area contributed by atoms with Crippen LogP contribution in [0.1, 0.15) is 5.56 Å². The van der Waals surface area contributed by atoms with E-state index in [2.05, 4.69) is 92.3 Å². The number of aliphatic carboxylic acids is 1. The van der Waals surface area contributed by atoms with Crippen LogP contribution in [0.3, 0.4) is 0 Å². The Balaban J connectivity index is 1.79. The Morgan fingerprint density at radius 3 is 1.43 bits per heavy atom. The highest BCUT2D eigenvalue weighted by Gasteiger charge is 2.20. The van der Waals surface area contributed by atoms with E-state index >= 15 is 0 Å². The molecule has 0 heterocycles. The van der Waals surface area contributed by atoms with Crippen molar-refractivity contribution in [1.82, 2.24) is 0 Å². The summed E-state index contributed by atoms with van der Waals surface area (Å²) in [6.07, 6.45) is 1.39. The molecule has 0 aliphatic heterocycles. The summed E-state index contributed by atoms with van der Waals surface area (Å²) in [5.41, 5.74) is 5.57. The topological polar surface area (TPSA) is 51.4 Å². The molecule has 0 spiro atoms. The first-order valence-electron chi connectivity index (χ1n) is 12.9. The van der Waals surface area contributed by atoms with E-state index in [0.717, 1.165) is 50.0 Å². The quantitative estimate of drug-likeness (QED) is 0.172. The zero-order valence-corrected chi connectivity index (χ0v) is 23.0. The molecule has 5 aromatic rings. The normalized spacial score (nSPS) is 11.3. The van der Waals surface area contributed by atoms with E-state index in [-0.39, 0.29) is 5.70 Å². The van der Waals surface area contributed by atoms with E-state index in [0.29, 0.717) is 5.56 Å². The maximum Gasteiger partial charge on any atom is 0.333 e. The molecule has 6 heteroatoms. The van der Waals surface area contributed by atoms with Crippen molar-refractivity contribution in [1.29, 1.82) is 0 Å². The standard InChI is InChI=1S/C34H30N4O2/c1-35-29(34(39)40)22-23-14-16-24(17-15-23)38(32-20-18-30(36(2)3)25-10-6-8-12-27(25)32)33-21-19-31(37(4)5)26-11-7-9-13-28(26)33/h6-22H,2-5H3,(H,39,40)/b29-22-. The molecule has 0 aliphatic rings. The summed E-state index contributed by atoms with van der Waals surface area (Å²) < 4.78 is 0. The highest BCUT2D eigenvalue weighted by Crippen LogP contribution is 2.45. The molecule has 198 valence electrons. The number of benzene rings is 5. The van der Waals surface area contributed by atoms with Crippen molar-refractivity contribution in [2.45, 2.75) is 0 Å². The molecule has 0 bridgehead atoms. The van der Waals surface area contributed by atoms with Crippen molar-refractivity contribution in [3.8, 4) is 0 Å². The van der Waals surface area contributed by atoms with Gasteiger partial charge in [0.1, 0.15) is 0 Å². The molecule has 0 unspecified atom stereocenters. The minimum absolute atomic E-state index is 0.319. The summed E-state index contributed by atoms with van der Waals surface area (Å²) in [6, 6.07) is 33.1. The van der Waals surface area contributed by atoms with Gasteiger partial charge in [-0.3, -0.25) is 4.79 Å². The zero-order valence-electron chi connectivity index (χ0n) is 23.0. The molecule has 5 aromatic carbocycles. The van der Waals surface area contributed by atoms with Crippen molar-refractivity contribution in [2.75, 3.05) is 42.9 Å². The number of fused-ring (bicyclic) bond motifs is 2. The number of rotatable bonds is 7. The molecule has 5 rings (SSSR count). The fourth-order valence-electron chi connectivity index (χ4n) is 5.13. The van der Waals surface area contributed by atoms with E-state index in [9.17, 15) is 9.90 Å². The van der Waals surface area contributed by atoms with Gasteiger partial charge in [0.05, 0.1) is 17.9 Å². The molecule has 6 nitrogen and oxygen atoms in total. The lowest BCUT2D eigenvalue weighted by atomic mass is 10.0. The van der Waals surface area contributed by atoms with E-state index < -0.39 is 5.97 Å². The maximum atomic E-state index is 11.4. The van der Waals surface area contributed by atoms with E-state index in [1.54, 1.807) is 0 Å². The first kappa shape index (κ1) is 26.3. The smallest absolute Gasteiger partial charge is 0.333 e. The number of hydrogen-bond donors (Lipinski definition) is 1. The Labute approximate surface area is 234 Å². The van der Waals surface area contributed by atoms with E-state index in [4.69, 9.17) is 6.57 Å². The molecule has 40 heavy (non-hydrogen) atoms.